The van der Waals surface area contributed by atoms with Gasteiger partial charge in [-0.2, -0.15) is 0 Å². The Morgan fingerprint density at radius 1 is 1.19 bits per heavy atom. The molecule has 21 heavy (non-hydrogen) atoms. The molecule has 2 nitrogen and oxygen atoms in total. The van der Waals surface area contributed by atoms with Crippen molar-refractivity contribution in [3.63, 3.8) is 0 Å². The summed E-state index contributed by atoms with van der Waals surface area (Å²) in [4.78, 5) is 14.8. The molecule has 0 fully saturated rings. The standard InChI is InChI=1S/C18H28ClNO/c1-5-11-20(12-6-2)18(21)14(4)17(7-3)15-9-8-10-16(19)13-15/h8-10,13-14,17H,5-7,11-12H2,1-4H3. The molecule has 2 atom stereocenters. The average molecular weight is 310 g/mol. The van der Waals surface area contributed by atoms with E-state index in [0.29, 0.717) is 0 Å². The fourth-order valence-corrected chi connectivity index (χ4v) is 3.15. The van der Waals surface area contributed by atoms with Crippen LogP contribution in [0.3, 0.4) is 0 Å². The van der Waals surface area contributed by atoms with Crippen molar-refractivity contribution in [1.82, 2.24) is 4.90 Å². The van der Waals surface area contributed by atoms with Gasteiger partial charge in [0.05, 0.1) is 0 Å². The summed E-state index contributed by atoms with van der Waals surface area (Å²) in [6.07, 6.45) is 2.96. The molecule has 0 saturated carbocycles. The van der Waals surface area contributed by atoms with Crippen LogP contribution >= 0.6 is 11.6 Å². The monoisotopic (exact) mass is 309 g/mol. The molecule has 3 heteroatoms. The quantitative estimate of drug-likeness (QED) is 0.653. The molecule has 118 valence electrons. The third-order valence-electron chi connectivity index (χ3n) is 4.01. The van der Waals surface area contributed by atoms with Crippen molar-refractivity contribution >= 4 is 17.5 Å². The van der Waals surface area contributed by atoms with Gasteiger partial charge in [-0.1, -0.05) is 51.4 Å². The van der Waals surface area contributed by atoms with Gasteiger partial charge in [0, 0.05) is 24.0 Å². The first-order chi connectivity index (χ1) is 10.0. The van der Waals surface area contributed by atoms with E-state index in [0.717, 1.165) is 37.4 Å². The fourth-order valence-electron chi connectivity index (χ4n) is 2.95. The molecule has 1 aromatic rings. The highest BCUT2D eigenvalue weighted by molar-refractivity contribution is 6.30. The fraction of sp³-hybridized carbons (Fsp3) is 0.611. The van der Waals surface area contributed by atoms with Crippen LogP contribution in [-0.2, 0) is 4.79 Å². The van der Waals surface area contributed by atoms with Crippen molar-refractivity contribution in [2.75, 3.05) is 13.1 Å². The van der Waals surface area contributed by atoms with E-state index in [1.54, 1.807) is 0 Å². The van der Waals surface area contributed by atoms with Crippen LogP contribution in [0.15, 0.2) is 24.3 Å². The summed E-state index contributed by atoms with van der Waals surface area (Å²) in [5.74, 6) is 0.490. The first kappa shape index (κ1) is 18.0. The van der Waals surface area contributed by atoms with E-state index in [1.807, 2.05) is 23.1 Å². The summed E-state index contributed by atoms with van der Waals surface area (Å²) < 4.78 is 0. The molecule has 0 radical (unpaired) electrons. The molecule has 0 aliphatic carbocycles. The molecule has 0 aromatic heterocycles. The Hall–Kier alpha value is -1.02. The summed E-state index contributed by atoms with van der Waals surface area (Å²) in [5.41, 5.74) is 1.17. The number of benzene rings is 1. The number of hydrogen-bond donors (Lipinski definition) is 0. The smallest absolute Gasteiger partial charge is 0.226 e. The number of halogens is 1. The van der Waals surface area contributed by atoms with Crippen LogP contribution < -0.4 is 0 Å². The molecule has 1 amide bonds. The third-order valence-corrected chi connectivity index (χ3v) is 4.24. The van der Waals surface area contributed by atoms with Gasteiger partial charge in [-0.05, 0) is 42.9 Å². The van der Waals surface area contributed by atoms with Gasteiger partial charge in [-0.15, -0.1) is 0 Å². The van der Waals surface area contributed by atoms with Gasteiger partial charge in [-0.3, -0.25) is 4.79 Å². The first-order valence-corrected chi connectivity index (χ1v) is 8.47. The number of amides is 1. The second-order valence-corrected chi connectivity index (χ2v) is 6.12. The molecule has 0 heterocycles. The normalized spacial score (nSPS) is 13.8. The van der Waals surface area contributed by atoms with Gasteiger partial charge in [0.25, 0.3) is 0 Å². The molecule has 0 saturated heterocycles. The maximum Gasteiger partial charge on any atom is 0.226 e. The molecule has 0 aliphatic heterocycles. The molecule has 1 rings (SSSR count). The van der Waals surface area contributed by atoms with Gasteiger partial charge in [0.2, 0.25) is 5.91 Å². The zero-order chi connectivity index (χ0) is 15.8. The van der Waals surface area contributed by atoms with Crippen molar-refractivity contribution in [2.45, 2.75) is 52.9 Å². The Morgan fingerprint density at radius 2 is 1.81 bits per heavy atom. The molecule has 1 aromatic carbocycles. The second kappa shape index (κ2) is 9.09. The number of hydrogen-bond acceptors (Lipinski definition) is 1. The summed E-state index contributed by atoms with van der Waals surface area (Å²) >= 11 is 6.10. The Morgan fingerprint density at radius 3 is 2.29 bits per heavy atom. The average Bonchev–Trinajstić information content (AvgIpc) is 2.47. The topological polar surface area (TPSA) is 20.3 Å². The highest BCUT2D eigenvalue weighted by atomic mass is 35.5. The number of carbonyl (C=O) groups is 1. The third kappa shape index (κ3) is 5.03. The van der Waals surface area contributed by atoms with Gasteiger partial charge in [0.15, 0.2) is 0 Å². The number of nitrogens with zero attached hydrogens (tertiary/aromatic N) is 1. The molecule has 0 aliphatic rings. The summed E-state index contributed by atoms with van der Waals surface area (Å²) in [6, 6.07) is 7.91. The van der Waals surface area contributed by atoms with Gasteiger partial charge < -0.3 is 4.90 Å². The minimum Gasteiger partial charge on any atom is -0.342 e. The predicted octanol–water partition coefficient (Wildman–Crippen LogP) is 5.12. The van der Waals surface area contributed by atoms with Crippen molar-refractivity contribution in [3.05, 3.63) is 34.9 Å². The predicted molar refractivity (Wildman–Crippen MR) is 90.8 cm³/mol. The van der Waals surface area contributed by atoms with Crippen LogP contribution in [0.25, 0.3) is 0 Å². The molecular formula is C18H28ClNO. The van der Waals surface area contributed by atoms with Crippen LogP contribution in [0.4, 0.5) is 0 Å². The zero-order valence-corrected chi connectivity index (χ0v) is 14.5. The lowest BCUT2D eigenvalue weighted by atomic mass is 9.84. The van der Waals surface area contributed by atoms with Crippen LogP contribution in [0.1, 0.15) is 58.4 Å². The molecule has 0 spiro atoms. The highest BCUT2D eigenvalue weighted by Crippen LogP contribution is 2.30. The summed E-state index contributed by atoms with van der Waals surface area (Å²) in [5, 5.41) is 0.740. The number of carbonyl (C=O) groups excluding carboxylic acids is 1. The Kier molecular flexibility index (Phi) is 7.81. The lowest BCUT2D eigenvalue weighted by Gasteiger charge is -2.29. The van der Waals surface area contributed by atoms with E-state index < -0.39 is 0 Å². The van der Waals surface area contributed by atoms with Crippen molar-refractivity contribution < 1.29 is 4.79 Å². The Bertz CT molecular complexity index is 441. The highest BCUT2D eigenvalue weighted by Gasteiger charge is 2.27. The molecule has 0 N–H and O–H groups in total. The lowest BCUT2D eigenvalue weighted by Crippen LogP contribution is -2.38. The molecular weight excluding hydrogens is 282 g/mol. The van der Waals surface area contributed by atoms with Crippen molar-refractivity contribution in [2.24, 2.45) is 5.92 Å². The lowest BCUT2D eigenvalue weighted by molar-refractivity contribution is -0.135. The maximum atomic E-state index is 12.8. The van der Waals surface area contributed by atoms with E-state index in [-0.39, 0.29) is 17.7 Å². The van der Waals surface area contributed by atoms with Gasteiger partial charge >= 0.3 is 0 Å². The van der Waals surface area contributed by atoms with Crippen LogP contribution in [0, 0.1) is 5.92 Å². The van der Waals surface area contributed by atoms with E-state index in [9.17, 15) is 4.79 Å². The summed E-state index contributed by atoms with van der Waals surface area (Å²) in [7, 11) is 0. The largest absolute Gasteiger partial charge is 0.342 e. The summed E-state index contributed by atoms with van der Waals surface area (Å²) in [6.45, 7) is 10.1. The first-order valence-electron chi connectivity index (χ1n) is 8.09. The van der Waals surface area contributed by atoms with Crippen LogP contribution in [0.2, 0.25) is 5.02 Å². The van der Waals surface area contributed by atoms with Crippen molar-refractivity contribution in [1.29, 1.82) is 0 Å². The minimum absolute atomic E-state index is 0.00781. The Balaban J connectivity index is 2.91. The van der Waals surface area contributed by atoms with Crippen LogP contribution in [0.5, 0.6) is 0 Å². The zero-order valence-electron chi connectivity index (χ0n) is 13.7. The van der Waals surface area contributed by atoms with E-state index >= 15 is 0 Å². The SMILES string of the molecule is CCCN(CCC)C(=O)C(C)C(CC)c1cccc(Cl)c1. The van der Waals surface area contributed by atoms with Gasteiger partial charge in [0.1, 0.15) is 0 Å². The van der Waals surface area contributed by atoms with E-state index in [2.05, 4.69) is 33.8 Å². The maximum absolute atomic E-state index is 12.8. The van der Waals surface area contributed by atoms with E-state index in [4.69, 9.17) is 11.6 Å². The molecule has 0 bridgehead atoms. The molecule has 2 unspecified atom stereocenters. The van der Waals surface area contributed by atoms with Crippen molar-refractivity contribution in [3.8, 4) is 0 Å². The van der Waals surface area contributed by atoms with Gasteiger partial charge in [-0.25, -0.2) is 0 Å². The minimum atomic E-state index is -0.00781. The Labute approximate surface area is 134 Å². The number of rotatable bonds is 8. The van der Waals surface area contributed by atoms with Crippen LogP contribution in [-0.4, -0.2) is 23.9 Å². The van der Waals surface area contributed by atoms with E-state index in [1.165, 1.54) is 5.56 Å². The second-order valence-electron chi connectivity index (χ2n) is 5.68.